The summed E-state index contributed by atoms with van der Waals surface area (Å²) in [4.78, 5) is 15.2. The van der Waals surface area contributed by atoms with Gasteiger partial charge in [0.2, 0.25) is 0 Å². The van der Waals surface area contributed by atoms with Gasteiger partial charge in [0.15, 0.2) is 17.5 Å². The van der Waals surface area contributed by atoms with Gasteiger partial charge in [-0.1, -0.05) is 164 Å². The van der Waals surface area contributed by atoms with E-state index >= 15 is 0 Å². The van der Waals surface area contributed by atoms with Gasteiger partial charge in [0.25, 0.3) is 0 Å². The van der Waals surface area contributed by atoms with E-state index in [1.54, 1.807) is 0 Å². The van der Waals surface area contributed by atoms with Crippen LogP contribution in [0.5, 0.6) is 0 Å². The molecule has 0 spiro atoms. The van der Waals surface area contributed by atoms with Crippen molar-refractivity contribution < 1.29 is 0 Å². The Hall–Kier alpha value is -7.53. The molecule has 0 atom stereocenters. The van der Waals surface area contributed by atoms with E-state index in [0.29, 0.717) is 17.5 Å². The van der Waals surface area contributed by atoms with Crippen LogP contribution in [0.1, 0.15) is 0 Å². The summed E-state index contributed by atoms with van der Waals surface area (Å²) in [5, 5.41) is 12.7. The van der Waals surface area contributed by atoms with E-state index in [0.717, 1.165) is 27.8 Å². The minimum absolute atomic E-state index is 0.645. The van der Waals surface area contributed by atoms with Crippen molar-refractivity contribution in [1.82, 2.24) is 15.0 Å². The maximum atomic E-state index is 5.10. The van der Waals surface area contributed by atoms with Gasteiger partial charge in [-0.3, -0.25) is 0 Å². The molecule has 0 bridgehead atoms. The van der Waals surface area contributed by atoms with Gasteiger partial charge in [0.05, 0.1) is 0 Å². The van der Waals surface area contributed by atoms with Crippen molar-refractivity contribution in [2.24, 2.45) is 0 Å². The van der Waals surface area contributed by atoms with Crippen LogP contribution < -0.4 is 0 Å². The normalized spacial score (nSPS) is 11.7. The summed E-state index contributed by atoms with van der Waals surface area (Å²) in [7, 11) is 0. The van der Waals surface area contributed by atoms with Gasteiger partial charge in [0, 0.05) is 36.9 Å². The topological polar surface area (TPSA) is 38.7 Å². The summed E-state index contributed by atoms with van der Waals surface area (Å²) >= 11 is 1.81. The van der Waals surface area contributed by atoms with Crippen LogP contribution in [-0.4, -0.2) is 15.0 Å². The SMILES string of the molecule is c1ccc(-c2nc(-c3ccc(-c4cccc(-c5cc6c7ccccc7c7ccccc7c6c6ccccc56)c4)cc3)nc(-c3ccc4sc5ccccc5c4c3)n2)cc1. The molecule has 0 unspecified atom stereocenters. The highest BCUT2D eigenvalue weighted by Gasteiger charge is 2.17. The number of nitrogens with zero attached hydrogens (tertiary/aromatic N) is 3. The Morgan fingerprint density at radius 2 is 0.729 bits per heavy atom. The third-order valence-corrected chi connectivity index (χ3v) is 12.9. The van der Waals surface area contributed by atoms with E-state index in [-0.39, 0.29) is 0 Å². The minimum atomic E-state index is 0.645. The van der Waals surface area contributed by atoms with E-state index in [1.165, 1.54) is 74.4 Å². The summed E-state index contributed by atoms with van der Waals surface area (Å²) < 4.78 is 2.53. The maximum absolute atomic E-state index is 5.10. The first kappa shape index (κ1) is 33.6. The van der Waals surface area contributed by atoms with Crippen LogP contribution in [0.25, 0.3) is 120 Å². The summed E-state index contributed by atoms with van der Waals surface area (Å²) in [6.45, 7) is 0. The Morgan fingerprint density at radius 3 is 1.46 bits per heavy atom. The Bertz CT molecular complexity index is 3610. The molecule has 0 saturated carbocycles. The van der Waals surface area contributed by atoms with Crippen molar-refractivity contribution in [3.05, 3.63) is 200 Å². The Morgan fingerprint density at radius 1 is 0.254 bits per heavy atom. The molecular formula is C55H33N3S. The molecule has 0 aliphatic heterocycles. The predicted octanol–water partition coefficient (Wildman–Crippen LogP) is 15.2. The lowest BCUT2D eigenvalue weighted by Crippen LogP contribution is -2.00. The van der Waals surface area contributed by atoms with E-state index in [4.69, 9.17) is 15.0 Å². The highest BCUT2D eigenvalue weighted by Crippen LogP contribution is 2.43. The molecule has 2 heterocycles. The lowest BCUT2D eigenvalue weighted by molar-refractivity contribution is 1.07. The number of fused-ring (bicyclic) bond motifs is 11. The molecule has 0 fully saturated rings. The highest BCUT2D eigenvalue weighted by molar-refractivity contribution is 7.25. The van der Waals surface area contributed by atoms with Gasteiger partial charge >= 0.3 is 0 Å². The number of hydrogen-bond donors (Lipinski definition) is 0. The fraction of sp³-hybridized carbons (Fsp3) is 0. The molecule has 0 amide bonds. The zero-order chi connectivity index (χ0) is 38.9. The summed E-state index contributed by atoms with van der Waals surface area (Å²) in [5.41, 5.74) is 7.56. The number of benzene rings is 10. The van der Waals surface area contributed by atoms with Crippen LogP contribution in [0.15, 0.2) is 200 Å². The van der Waals surface area contributed by atoms with Crippen LogP contribution in [0.2, 0.25) is 0 Å². The molecule has 0 saturated heterocycles. The van der Waals surface area contributed by atoms with Crippen molar-refractivity contribution in [2.45, 2.75) is 0 Å². The summed E-state index contributed by atoms with van der Waals surface area (Å²) in [5.74, 6) is 1.96. The Kier molecular flexibility index (Phi) is 7.72. The minimum Gasteiger partial charge on any atom is -0.208 e. The Labute approximate surface area is 344 Å². The predicted molar refractivity (Wildman–Crippen MR) is 250 cm³/mol. The first-order chi connectivity index (χ1) is 29.2. The molecule has 0 N–H and O–H groups in total. The summed E-state index contributed by atoms with van der Waals surface area (Å²) in [6.07, 6.45) is 0. The largest absolute Gasteiger partial charge is 0.208 e. The van der Waals surface area contributed by atoms with E-state index in [1.807, 2.05) is 29.5 Å². The summed E-state index contributed by atoms with van der Waals surface area (Å²) in [6, 6.07) is 71.8. The van der Waals surface area contributed by atoms with Gasteiger partial charge in [-0.25, -0.2) is 15.0 Å². The van der Waals surface area contributed by atoms with Crippen LogP contribution in [0, 0.1) is 0 Å². The molecule has 0 radical (unpaired) electrons. The molecule has 59 heavy (non-hydrogen) atoms. The lowest BCUT2D eigenvalue weighted by Gasteiger charge is -2.16. The monoisotopic (exact) mass is 767 g/mol. The highest BCUT2D eigenvalue weighted by atomic mass is 32.1. The van der Waals surface area contributed by atoms with Crippen LogP contribution in [0.3, 0.4) is 0 Å². The number of aromatic nitrogens is 3. The quantitative estimate of drug-likeness (QED) is 0.164. The molecule has 0 aliphatic rings. The maximum Gasteiger partial charge on any atom is 0.164 e. The van der Waals surface area contributed by atoms with Crippen molar-refractivity contribution in [2.75, 3.05) is 0 Å². The molecule has 0 aliphatic carbocycles. The number of rotatable bonds is 5. The van der Waals surface area contributed by atoms with Gasteiger partial charge in [-0.2, -0.15) is 0 Å². The van der Waals surface area contributed by atoms with Gasteiger partial charge in [0.1, 0.15) is 0 Å². The lowest BCUT2D eigenvalue weighted by atomic mass is 9.87. The van der Waals surface area contributed by atoms with Crippen molar-refractivity contribution in [1.29, 1.82) is 0 Å². The van der Waals surface area contributed by atoms with Crippen LogP contribution >= 0.6 is 11.3 Å². The van der Waals surface area contributed by atoms with Gasteiger partial charge < -0.3 is 0 Å². The standard InChI is InChI=1S/C55H33N3S/c1-2-13-35(14-3-1)53-56-54(58-55(57-53)39-29-30-51-48(32-39)44-21-10-11-24-50(44)59-51)36-27-25-34(26-28-36)37-15-12-16-38(31-37)47-33-49-42-19-5-4-17-40(42)41-18-6-8-22-45(41)52(49)46-23-9-7-20-43(46)47/h1-33H. The van der Waals surface area contributed by atoms with E-state index < -0.39 is 0 Å². The van der Waals surface area contributed by atoms with Gasteiger partial charge in [-0.05, 0) is 102 Å². The van der Waals surface area contributed by atoms with Crippen LogP contribution in [-0.2, 0) is 0 Å². The molecule has 3 nitrogen and oxygen atoms in total. The van der Waals surface area contributed by atoms with Crippen LogP contribution in [0.4, 0.5) is 0 Å². The molecule has 12 aromatic rings. The number of thiophene rings is 1. The van der Waals surface area contributed by atoms with Gasteiger partial charge in [-0.15, -0.1) is 11.3 Å². The second-order valence-corrected chi connectivity index (χ2v) is 16.2. The third-order valence-electron chi connectivity index (χ3n) is 11.7. The number of hydrogen-bond acceptors (Lipinski definition) is 4. The average Bonchev–Trinajstić information content (AvgIpc) is 3.69. The second kappa shape index (κ2) is 13.6. The smallest absolute Gasteiger partial charge is 0.164 e. The molecule has 10 aromatic carbocycles. The Balaban J connectivity index is 0.961. The fourth-order valence-corrected chi connectivity index (χ4v) is 9.99. The zero-order valence-corrected chi connectivity index (χ0v) is 32.6. The first-order valence-electron chi connectivity index (χ1n) is 19.9. The average molecular weight is 768 g/mol. The van der Waals surface area contributed by atoms with Crippen molar-refractivity contribution >= 4 is 74.6 Å². The first-order valence-corrected chi connectivity index (χ1v) is 20.7. The molecule has 2 aromatic heterocycles. The van der Waals surface area contributed by atoms with Crippen molar-refractivity contribution in [3.8, 4) is 56.4 Å². The second-order valence-electron chi connectivity index (χ2n) is 15.1. The fourth-order valence-electron chi connectivity index (χ4n) is 8.90. The molecule has 4 heteroatoms. The molecular weight excluding hydrogens is 735 g/mol. The zero-order valence-electron chi connectivity index (χ0n) is 31.8. The molecule has 274 valence electrons. The van der Waals surface area contributed by atoms with E-state index in [2.05, 4.69) is 182 Å². The van der Waals surface area contributed by atoms with E-state index in [9.17, 15) is 0 Å². The molecule has 12 rings (SSSR count). The van der Waals surface area contributed by atoms with Crippen molar-refractivity contribution in [3.63, 3.8) is 0 Å². The third kappa shape index (κ3) is 5.60.